The molecule has 13 heavy (non-hydrogen) atoms. The number of rotatable bonds is 5. The topological polar surface area (TPSA) is 64.3 Å². The van der Waals surface area contributed by atoms with Crippen molar-refractivity contribution in [3.05, 3.63) is 0 Å². The number of amides is 1. The number of ether oxygens (including phenoxy) is 1. The summed E-state index contributed by atoms with van der Waals surface area (Å²) in [5.74, 6) is -0.471. The largest absolute Gasteiger partial charge is 0.379 e. The Morgan fingerprint density at radius 1 is 1.77 bits per heavy atom. The third-order valence-corrected chi connectivity index (χ3v) is 2.33. The number of hydrogen-bond acceptors (Lipinski definition) is 3. The summed E-state index contributed by atoms with van der Waals surface area (Å²) in [6.07, 6.45) is 2.39. The van der Waals surface area contributed by atoms with Gasteiger partial charge >= 0.3 is 0 Å². The quantitative estimate of drug-likeness (QED) is 0.629. The lowest BCUT2D eigenvalue weighted by atomic mass is 10.2. The second-order valence-corrected chi connectivity index (χ2v) is 3.63. The Kier molecular flexibility index (Phi) is 4.18. The van der Waals surface area contributed by atoms with Crippen molar-refractivity contribution < 1.29 is 9.53 Å². The van der Waals surface area contributed by atoms with Crippen molar-refractivity contribution in [2.75, 3.05) is 19.8 Å². The molecular formula is C9H18N2O2. The summed E-state index contributed by atoms with van der Waals surface area (Å²) in [5.41, 5.74) is 5.10. The highest BCUT2D eigenvalue weighted by Crippen LogP contribution is 2.05. The lowest BCUT2D eigenvalue weighted by Crippen LogP contribution is -2.30. The summed E-state index contributed by atoms with van der Waals surface area (Å²) in [7, 11) is 0. The molecule has 4 heteroatoms. The fourth-order valence-electron chi connectivity index (χ4n) is 1.37. The van der Waals surface area contributed by atoms with Crippen molar-refractivity contribution in [1.82, 2.24) is 5.32 Å². The number of primary amides is 1. The molecule has 4 nitrogen and oxygen atoms in total. The van der Waals surface area contributed by atoms with E-state index >= 15 is 0 Å². The number of hydrogen-bond donors (Lipinski definition) is 2. The molecule has 0 aromatic heterocycles. The van der Waals surface area contributed by atoms with Crippen LogP contribution in [0.2, 0.25) is 0 Å². The molecule has 1 aliphatic heterocycles. The van der Waals surface area contributed by atoms with Crippen LogP contribution < -0.4 is 11.1 Å². The van der Waals surface area contributed by atoms with Gasteiger partial charge in [0.15, 0.2) is 0 Å². The van der Waals surface area contributed by atoms with Gasteiger partial charge in [-0.1, -0.05) is 6.92 Å². The fourth-order valence-corrected chi connectivity index (χ4v) is 1.37. The molecule has 1 saturated heterocycles. The normalized spacial score (nSPS) is 24.5. The average molecular weight is 186 g/mol. The lowest BCUT2D eigenvalue weighted by Gasteiger charge is -2.12. The molecule has 0 saturated carbocycles. The van der Waals surface area contributed by atoms with Crippen molar-refractivity contribution in [3.63, 3.8) is 0 Å². The van der Waals surface area contributed by atoms with Gasteiger partial charge in [0.25, 0.3) is 0 Å². The maximum atomic E-state index is 10.7. The number of carbonyl (C=O) groups excluding carboxylic acids is 1. The van der Waals surface area contributed by atoms with Crippen molar-refractivity contribution in [2.24, 2.45) is 11.7 Å². The van der Waals surface area contributed by atoms with Gasteiger partial charge < -0.3 is 15.8 Å². The molecule has 2 atom stereocenters. The fraction of sp³-hybridized carbons (Fsp3) is 0.889. The zero-order valence-electron chi connectivity index (χ0n) is 8.08. The smallest absolute Gasteiger partial charge is 0.222 e. The molecule has 1 heterocycles. The minimum Gasteiger partial charge on any atom is -0.379 e. The molecule has 1 aliphatic rings. The van der Waals surface area contributed by atoms with E-state index in [2.05, 4.69) is 5.32 Å². The zero-order valence-corrected chi connectivity index (χ0v) is 8.08. The molecule has 3 N–H and O–H groups in total. The first-order valence-corrected chi connectivity index (χ1v) is 4.80. The molecule has 2 unspecified atom stereocenters. The Bertz CT molecular complexity index is 167. The van der Waals surface area contributed by atoms with Gasteiger partial charge in [0.05, 0.1) is 19.1 Å². The Hall–Kier alpha value is -0.610. The van der Waals surface area contributed by atoms with Gasteiger partial charge in [-0.3, -0.25) is 4.79 Å². The second-order valence-electron chi connectivity index (χ2n) is 3.63. The van der Waals surface area contributed by atoms with Crippen molar-refractivity contribution in [2.45, 2.75) is 25.8 Å². The van der Waals surface area contributed by atoms with Gasteiger partial charge in [-0.05, 0) is 19.4 Å². The van der Waals surface area contributed by atoms with E-state index < -0.39 is 0 Å². The summed E-state index contributed by atoms with van der Waals surface area (Å²) in [4.78, 5) is 10.7. The van der Waals surface area contributed by atoms with Crippen LogP contribution in [0.1, 0.15) is 19.8 Å². The third-order valence-electron chi connectivity index (χ3n) is 2.33. The Morgan fingerprint density at radius 3 is 3.08 bits per heavy atom. The van der Waals surface area contributed by atoms with Crippen LogP contribution in [-0.4, -0.2) is 31.7 Å². The van der Waals surface area contributed by atoms with Crippen molar-refractivity contribution >= 4 is 5.91 Å². The zero-order chi connectivity index (χ0) is 9.68. The summed E-state index contributed by atoms with van der Waals surface area (Å²) in [6.45, 7) is 3.99. The first-order chi connectivity index (χ1) is 6.20. The highest BCUT2D eigenvalue weighted by atomic mass is 16.5. The lowest BCUT2D eigenvalue weighted by molar-refractivity contribution is -0.123. The summed E-state index contributed by atoms with van der Waals surface area (Å²) < 4.78 is 5.38. The standard InChI is InChI=1S/C9H18N2O2/c1-7(9(10)12)5-13-6-8-3-2-4-11-8/h7-8,11H,2-6H2,1H3,(H2,10,12). The van der Waals surface area contributed by atoms with E-state index in [0.717, 1.165) is 6.54 Å². The molecule has 76 valence electrons. The van der Waals surface area contributed by atoms with E-state index in [1.807, 2.05) is 0 Å². The van der Waals surface area contributed by atoms with Crippen molar-refractivity contribution in [3.8, 4) is 0 Å². The van der Waals surface area contributed by atoms with E-state index in [-0.39, 0.29) is 11.8 Å². The average Bonchev–Trinajstić information content (AvgIpc) is 2.56. The van der Waals surface area contributed by atoms with Crippen LogP contribution >= 0.6 is 0 Å². The van der Waals surface area contributed by atoms with Crippen molar-refractivity contribution in [1.29, 1.82) is 0 Å². The minimum absolute atomic E-state index is 0.179. The van der Waals surface area contributed by atoms with E-state index in [1.165, 1.54) is 12.8 Å². The van der Waals surface area contributed by atoms with Gasteiger partial charge in [-0.2, -0.15) is 0 Å². The van der Waals surface area contributed by atoms with Crippen LogP contribution in [0, 0.1) is 5.92 Å². The highest BCUT2D eigenvalue weighted by Gasteiger charge is 2.15. The van der Waals surface area contributed by atoms with E-state index in [9.17, 15) is 4.79 Å². The van der Waals surface area contributed by atoms with Gasteiger partial charge in [0, 0.05) is 6.04 Å². The van der Waals surface area contributed by atoms with Gasteiger partial charge in [0.2, 0.25) is 5.91 Å². The van der Waals surface area contributed by atoms with Crippen LogP contribution in [0.25, 0.3) is 0 Å². The first-order valence-electron chi connectivity index (χ1n) is 4.80. The molecule has 0 spiro atoms. The molecule has 1 rings (SSSR count). The predicted molar refractivity (Wildman–Crippen MR) is 50.2 cm³/mol. The first kappa shape index (κ1) is 10.5. The van der Waals surface area contributed by atoms with Crippen LogP contribution in [0.5, 0.6) is 0 Å². The molecular weight excluding hydrogens is 168 g/mol. The number of nitrogens with one attached hydrogen (secondary N) is 1. The van der Waals surface area contributed by atoms with Gasteiger partial charge in [0.1, 0.15) is 0 Å². The molecule has 0 aliphatic carbocycles. The molecule has 0 aromatic carbocycles. The van der Waals surface area contributed by atoms with Crippen LogP contribution in [0.15, 0.2) is 0 Å². The molecule has 1 fully saturated rings. The molecule has 0 aromatic rings. The highest BCUT2D eigenvalue weighted by molar-refractivity contribution is 5.76. The Balaban J connectivity index is 2.02. The monoisotopic (exact) mass is 186 g/mol. The third kappa shape index (κ3) is 3.74. The SMILES string of the molecule is CC(COCC1CCCN1)C(N)=O. The van der Waals surface area contributed by atoms with Gasteiger partial charge in [-0.15, -0.1) is 0 Å². The Labute approximate surface area is 78.8 Å². The van der Waals surface area contributed by atoms with E-state index in [4.69, 9.17) is 10.5 Å². The molecule has 0 radical (unpaired) electrons. The predicted octanol–water partition coefficient (Wildman–Crippen LogP) is -0.124. The van der Waals surface area contributed by atoms with Crippen LogP contribution in [0.4, 0.5) is 0 Å². The Morgan fingerprint density at radius 2 is 2.54 bits per heavy atom. The molecule has 1 amide bonds. The van der Waals surface area contributed by atoms with Gasteiger partial charge in [-0.25, -0.2) is 0 Å². The van der Waals surface area contributed by atoms with Crippen LogP contribution in [-0.2, 0) is 9.53 Å². The maximum absolute atomic E-state index is 10.7. The maximum Gasteiger partial charge on any atom is 0.222 e. The second kappa shape index (κ2) is 5.19. The summed E-state index contributed by atoms with van der Waals surface area (Å²) in [6, 6.07) is 0.472. The number of nitrogens with two attached hydrogens (primary N) is 1. The number of carbonyl (C=O) groups is 1. The summed E-state index contributed by atoms with van der Waals surface area (Å²) in [5, 5.41) is 3.32. The van der Waals surface area contributed by atoms with E-state index in [0.29, 0.717) is 19.3 Å². The minimum atomic E-state index is -0.292. The summed E-state index contributed by atoms with van der Waals surface area (Å²) >= 11 is 0. The van der Waals surface area contributed by atoms with E-state index in [1.54, 1.807) is 6.92 Å². The molecule has 0 bridgehead atoms. The van der Waals surface area contributed by atoms with Crippen LogP contribution in [0.3, 0.4) is 0 Å².